The summed E-state index contributed by atoms with van der Waals surface area (Å²) in [7, 11) is 0. The van der Waals surface area contributed by atoms with E-state index in [-0.39, 0.29) is 5.82 Å². The van der Waals surface area contributed by atoms with Gasteiger partial charge in [0.1, 0.15) is 5.82 Å². The van der Waals surface area contributed by atoms with Gasteiger partial charge in [-0.2, -0.15) is 0 Å². The summed E-state index contributed by atoms with van der Waals surface area (Å²) in [5.74, 6) is 6.34. The Morgan fingerprint density at radius 3 is 2.90 bits per heavy atom. The van der Waals surface area contributed by atoms with Crippen molar-refractivity contribution in [2.75, 3.05) is 19.6 Å². The van der Waals surface area contributed by atoms with Gasteiger partial charge in [0.2, 0.25) is 0 Å². The Labute approximate surface area is 127 Å². The first kappa shape index (κ1) is 16.0. The highest BCUT2D eigenvalue weighted by Crippen LogP contribution is 2.21. The highest BCUT2D eigenvalue weighted by molar-refractivity contribution is 5.38. The molecule has 1 aliphatic rings. The molecule has 114 valence electrons. The predicted molar refractivity (Wildman–Crippen MR) is 85.2 cm³/mol. The van der Waals surface area contributed by atoms with Gasteiger partial charge in [-0.15, -0.1) is 0 Å². The second kappa shape index (κ2) is 8.17. The quantitative estimate of drug-likeness (QED) is 0.866. The van der Waals surface area contributed by atoms with E-state index in [0.29, 0.717) is 6.54 Å². The van der Waals surface area contributed by atoms with Gasteiger partial charge in [-0.05, 0) is 62.0 Å². The number of nitrogens with zero attached hydrogens (tertiary/aromatic N) is 1. The molecule has 2 nitrogen and oxygen atoms in total. The molecule has 1 atom stereocenters. The first-order valence-electron chi connectivity index (χ1n) is 7.92. The minimum Gasteiger partial charge on any atom is -0.320 e. The molecule has 2 rings (SSSR count). The summed E-state index contributed by atoms with van der Waals surface area (Å²) in [6.07, 6.45) is 5.09. The van der Waals surface area contributed by atoms with E-state index in [1.165, 1.54) is 31.7 Å². The first-order chi connectivity index (χ1) is 10.2. The van der Waals surface area contributed by atoms with Crippen LogP contribution in [-0.4, -0.2) is 24.5 Å². The van der Waals surface area contributed by atoms with Crippen LogP contribution in [0.15, 0.2) is 18.2 Å². The monoisotopic (exact) mass is 288 g/mol. The average molecular weight is 288 g/mol. The summed E-state index contributed by atoms with van der Waals surface area (Å²) >= 11 is 0. The van der Waals surface area contributed by atoms with Crippen LogP contribution in [-0.2, 0) is 6.54 Å². The summed E-state index contributed by atoms with van der Waals surface area (Å²) in [6, 6.07) is 5.07. The molecule has 0 spiro atoms. The lowest BCUT2D eigenvalue weighted by Crippen LogP contribution is -2.24. The van der Waals surface area contributed by atoms with Crippen molar-refractivity contribution < 1.29 is 4.39 Å². The van der Waals surface area contributed by atoms with Crippen molar-refractivity contribution in [2.45, 2.75) is 39.2 Å². The summed E-state index contributed by atoms with van der Waals surface area (Å²) in [6.45, 7) is 5.60. The molecule has 1 aromatic carbocycles. The fraction of sp³-hybridized carbons (Fsp3) is 0.556. The average Bonchev–Trinajstić information content (AvgIpc) is 2.69. The van der Waals surface area contributed by atoms with Crippen LogP contribution < -0.4 is 5.73 Å². The van der Waals surface area contributed by atoms with Crippen LogP contribution in [0.2, 0.25) is 0 Å². The van der Waals surface area contributed by atoms with Gasteiger partial charge in [0, 0.05) is 12.1 Å². The van der Waals surface area contributed by atoms with Crippen LogP contribution in [0.3, 0.4) is 0 Å². The fourth-order valence-corrected chi connectivity index (χ4v) is 3.02. The molecule has 0 saturated carbocycles. The normalized spacial score (nSPS) is 19.7. The molecule has 1 aromatic rings. The van der Waals surface area contributed by atoms with E-state index in [0.717, 1.165) is 36.7 Å². The van der Waals surface area contributed by atoms with E-state index in [4.69, 9.17) is 5.73 Å². The van der Waals surface area contributed by atoms with Crippen LogP contribution in [0.1, 0.15) is 43.7 Å². The molecular weight excluding hydrogens is 263 g/mol. The molecule has 1 heterocycles. The van der Waals surface area contributed by atoms with Crippen LogP contribution in [0.4, 0.5) is 4.39 Å². The largest absolute Gasteiger partial charge is 0.320 e. The molecule has 1 aliphatic heterocycles. The fourth-order valence-electron chi connectivity index (χ4n) is 3.02. The summed E-state index contributed by atoms with van der Waals surface area (Å²) in [5, 5.41) is 0. The zero-order valence-electron chi connectivity index (χ0n) is 12.9. The van der Waals surface area contributed by atoms with Gasteiger partial charge in [-0.25, -0.2) is 4.39 Å². The van der Waals surface area contributed by atoms with E-state index in [1.54, 1.807) is 6.07 Å². The lowest BCUT2D eigenvalue weighted by Gasteiger charge is -2.20. The van der Waals surface area contributed by atoms with Crippen molar-refractivity contribution in [3.05, 3.63) is 35.1 Å². The number of hydrogen-bond donors (Lipinski definition) is 1. The minimum absolute atomic E-state index is 0.213. The van der Waals surface area contributed by atoms with E-state index in [2.05, 4.69) is 23.7 Å². The number of nitrogens with two attached hydrogens (primary N) is 1. The SMILES string of the molecule is CCC1CCCN(Cc2cc(F)cc(C#CCN)c2)CC1. The smallest absolute Gasteiger partial charge is 0.124 e. The second-order valence-corrected chi connectivity index (χ2v) is 5.84. The summed E-state index contributed by atoms with van der Waals surface area (Å²) in [4.78, 5) is 2.44. The highest BCUT2D eigenvalue weighted by atomic mass is 19.1. The highest BCUT2D eigenvalue weighted by Gasteiger charge is 2.16. The lowest BCUT2D eigenvalue weighted by molar-refractivity contribution is 0.271. The van der Waals surface area contributed by atoms with E-state index in [1.807, 2.05) is 6.07 Å². The van der Waals surface area contributed by atoms with Crippen molar-refractivity contribution >= 4 is 0 Å². The Morgan fingerprint density at radius 1 is 1.29 bits per heavy atom. The van der Waals surface area contributed by atoms with E-state index >= 15 is 0 Å². The number of hydrogen-bond acceptors (Lipinski definition) is 2. The Hall–Kier alpha value is -1.37. The van der Waals surface area contributed by atoms with Crippen LogP contribution in [0.5, 0.6) is 0 Å². The maximum atomic E-state index is 13.7. The maximum absolute atomic E-state index is 13.7. The van der Waals surface area contributed by atoms with Gasteiger partial charge < -0.3 is 5.73 Å². The molecule has 1 fully saturated rings. The van der Waals surface area contributed by atoms with Gasteiger partial charge in [-0.3, -0.25) is 4.90 Å². The van der Waals surface area contributed by atoms with Crippen LogP contribution in [0, 0.1) is 23.6 Å². The molecule has 0 aliphatic carbocycles. The van der Waals surface area contributed by atoms with Gasteiger partial charge >= 0.3 is 0 Å². The molecular formula is C18H25FN2. The molecule has 0 bridgehead atoms. The van der Waals surface area contributed by atoms with Crippen molar-refractivity contribution in [1.29, 1.82) is 0 Å². The maximum Gasteiger partial charge on any atom is 0.124 e. The van der Waals surface area contributed by atoms with Gasteiger partial charge in [0.25, 0.3) is 0 Å². The Morgan fingerprint density at radius 2 is 2.14 bits per heavy atom. The van der Waals surface area contributed by atoms with Crippen molar-refractivity contribution in [3.8, 4) is 11.8 Å². The Bertz CT molecular complexity index is 516. The molecule has 1 saturated heterocycles. The number of rotatable bonds is 3. The Balaban J connectivity index is 2.03. The van der Waals surface area contributed by atoms with Gasteiger partial charge in [0.15, 0.2) is 0 Å². The van der Waals surface area contributed by atoms with Gasteiger partial charge in [-0.1, -0.05) is 25.2 Å². The Kier molecular flexibility index (Phi) is 6.22. The lowest BCUT2D eigenvalue weighted by atomic mass is 9.98. The first-order valence-corrected chi connectivity index (χ1v) is 7.92. The second-order valence-electron chi connectivity index (χ2n) is 5.84. The molecule has 0 amide bonds. The topological polar surface area (TPSA) is 29.3 Å². The van der Waals surface area contributed by atoms with E-state index in [9.17, 15) is 4.39 Å². The molecule has 0 aromatic heterocycles. The zero-order chi connectivity index (χ0) is 15.1. The van der Waals surface area contributed by atoms with E-state index < -0.39 is 0 Å². The zero-order valence-corrected chi connectivity index (χ0v) is 12.9. The molecule has 2 N–H and O–H groups in total. The van der Waals surface area contributed by atoms with Crippen LogP contribution in [0.25, 0.3) is 0 Å². The molecule has 1 unspecified atom stereocenters. The number of likely N-dealkylation sites (tertiary alicyclic amines) is 1. The predicted octanol–water partition coefficient (Wildman–Crippen LogP) is 3.15. The third-order valence-electron chi connectivity index (χ3n) is 4.22. The minimum atomic E-state index is -0.213. The van der Waals surface area contributed by atoms with Crippen LogP contribution >= 0.6 is 0 Å². The van der Waals surface area contributed by atoms with Gasteiger partial charge in [0.05, 0.1) is 6.54 Å². The molecule has 0 radical (unpaired) electrons. The summed E-state index contributed by atoms with van der Waals surface area (Å²) in [5.41, 5.74) is 7.09. The van der Waals surface area contributed by atoms with Crippen molar-refractivity contribution in [2.24, 2.45) is 11.7 Å². The summed E-state index contributed by atoms with van der Waals surface area (Å²) < 4.78 is 13.7. The molecule has 21 heavy (non-hydrogen) atoms. The number of halogens is 1. The van der Waals surface area contributed by atoms with Crippen molar-refractivity contribution in [1.82, 2.24) is 4.90 Å². The standard InChI is InChI=1S/C18H25FN2/c1-2-15-6-4-9-21(10-7-15)14-17-11-16(5-3-8-20)12-18(19)13-17/h11-13,15H,2,4,6-10,14,20H2,1H3. The third-order valence-corrected chi connectivity index (χ3v) is 4.22. The molecule has 3 heteroatoms. The third kappa shape index (κ3) is 5.15. The van der Waals surface area contributed by atoms with Crippen molar-refractivity contribution in [3.63, 3.8) is 0 Å². The number of benzene rings is 1.